The van der Waals surface area contributed by atoms with Crippen LogP contribution in [0.5, 0.6) is 0 Å². The van der Waals surface area contributed by atoms with Crippen molar-refractivity contribution in [3.63, 3.8) is 0 Å². The Labute approximate surface area is 114 Å². The molecule has 98 valence electrons. The second-order valence-electron chi connectivity index (χ2n) is 3.83. The molecule has 0 unspecified atom stereocenters. The topological polar surface area (TPSA) is 67.1 Å². The van der Waals surface area contributed by atoms with E-state index in [0.29, 0.717) is 10.7 Å². The van der Waals surface area contributed by atoms with E-state index in [4.69, 9.17) is 17.3 Å². The zero-order chi connectivity index (χ0) is 13.8. The minimum atomic E-state index is -0.530. The fraction of sp³-hybridized carbons (Fsp3) is 0. The summed E-state index contributed by atoms with van der Waals surface area (Å²) in [4.78, 5) is 11.7. The Morgan fingerprint density at radius 2 is 1.89 bits per heavy atom. The highest BCUT2D eigenvalue weighted by atomic mass is 35.5. The number of benzene rings is 2. The smallest absolute Gasteiger partial charge is 0.323 e. The standard InChI is InChI=1S/C13H11ClFN3O/c14-11-3-1-2-4-12(11)18-13(19)17-10-6-8(15)5-9(16)7-10/h1-7H,16H2,(H2,17,18,19). The van der Waals surface area contributed by atoms with Crippen molar-refractivity contribution in [2.75, 3.05) is 16.4 Å². The quantitative estimate of drug-likeness (QED) is 0.734. The molecule has 2 aromatic carbocycles. The number of amides is 2. The summed E-state index contributed by atoms with van der Waals surface area (Å²) in [5.41, 5.74) is 6.44. The van der Waals surface area contributed by atoms with E-state index in [0.717, 1.165) is 6.07 Å². The van der Waals surface area contributed by atoms with Gasteiger partial charge in [-0.05, 0) is 30.3 Å². The predicted octanol–water partition coefficient (Wildman–Crippen LogP) is 3.71. The fourth-order valence-electron chi connectivity index (χ4n) is 1.53. The molecule has 0 saturated carbocycles. The molecule has 4 nitrogen and oxygen atoms in total. The Kier molecular flexibility index (Phi) is 3.87. The van der Waals surface area contributed by atoms with Gasteiger partial charge in [-0.2, -0.15) is 0 Å². The minimum Gasteiger partial charge on any atom is -0.399 e. The normalized spacial score (nSPS) is 10.0. The molecule has 4 N–H and O–H groups in total. The van der Waals surface area contributed by atoms with Gasteiger partial charge in [0.2, 0.25) is 0 Å². The van der Waals surface area contributed by atoms with Crippen LogP contribution in [0.4, 0.5) is 26.2 Å². The number of para-hydroxylation sites is 1. The van der Waals surface area contributed by atoms with E-state index < -0.39 is 11.8 Å². The van der Waals surface area contributed by atoms with E-state index >= 15 is 0 Å². The predicted molar refractivity (Wildman–Crippen MR) is 74.9 cm³/mol. The highest BCUT2D eigenvalue weighted by Crippen LogP contribution is 2.21. The Hall–Kier alpha value is -2.27. The summed E-state index contributed by atoms with van der Waals surface area (Å²) in [5, 5.41) is 5.44. The first-order valence-corrected chi connectivity index (χ1v) is 5.81. The maximum absolute atomic E-state index is 13.1. The van der Waals surface area contributed by atoms with Crippen LogP contribution in [0.1, 0.15) is 0 Å². The van der Waals surface area contributed by atoms with E-state index in [1.54, 1.807) is 24.3 Å². The monoisotopic (exact) mass is 279 g/mol. The summed E-state index contributed by atoms with van der Waals surface area (Å²) < 4.78 is 13.1. The number of anilines is 3. The first-order chi connectivity index (χ1) is 9.04. The van der Waals surface area contributed by atoms with Gasteiger partial charge in [0.05, 0.1) is 10.7 Å². The van der Waals surface area contributed by atoms with Crippen LogP contribution >= 0.6 is 11.6 Å². The van der Waals surface area contributed by atoms with Gasteiger partial charge in [0.1, 0.15) is 5.82 Å². The Morgan fingerprint density at radius 3 is 2.58 bits per heavy atom. The van der Waals surface area contributed by atoms with Gasteiger partial charge in [-0.3, -0.25) is 0 Å². The number of nitrogen functional groups attached to an aromatic ring is 1. The molecule has 0 saturated heterocycles. The average Bonchev–Trinajstić information content (AvgIpc) is 2.30. The molecule has 0 aromatic heterocycles. The lowest BCUT2D eigenvalue weighted by molar-refractivity contribution is 0.262. The lowest BCUT2D eigenvalue weighted by Crippen LogP contribution is -2.19. The molecule has 0 radical (unpaired) electrons. The zero-order valence-corrected chi connectivity index (χ0v) is 10.5. The minimum absolute atomic E-state index is 0.230. The molecule has 6 heteroatoms. The molecule has 0 fully saturated rings. The number of hydrogen-bond acceptors (Lipinski definition) is 2. The molecular formula is C13H11ClFN3O. The molecule has 2 rings (SSSR count). The van der Waals surface area contributed by atoms with Crippen LogP contribution in [-0.2, 0) is 0 Å². The van der Waals surface area contributed by atoms with Crippen LogP contribution in [0, 0.1) is 5.82 Å². The Bertz CT molecular complexity index is 598. The van der Waals surface area contributed by atoms with Crippen LogP contribution in [0.15, 0.2) is 42.5 Å². The number of halogens is 2. The average molecular weight is 280 g/mol. The van der Waals surface area contributed by atoms with Crippen LogP contribution < -0.4 is 16.4 Å². The fourth-order valence-corrected chi connectivity index (χ4v) is 1.71. The van der Waals surface area contributed by atoms with Crippen molar-refractivity contribution >= 4 is 34.7 Å². The van der Waals surface area contributed by atoms with E-state index in [9.17, 15) is 9.18 Å². The van der Waals surface area contributed by atoms with Crippen molar-refractivity contribution in [2.24, 2.45) is 0 Å². The lowest BCUT2D eigenvalue weighted by atomic mass is 10.2. The molecule has 0 aliphatic carbocycles. The second-order valence-corrected chi connectivity index (χ2v) is 4.24. The van der Waals surface area contributed by atoms with Gasteiger partial charge in [0.25, 0.3) is 0 Å². The number of urea groups is 1. The molecule has 2 amide bonds. The summed E-state index contributed by atoms with van der Waals surface area (Å²) in [5.74, 6) is -0.520. The lowest BCUT2D eigenvalue weighted by Gasteiger charge is -2.09. The molecule has 0 heterocycles. The van der Waals surface area contributed by atoms with Crippen molar-refractivity contribution in [3.8, 4) is 0 Å². The van der Waals surface area contributed by atoms with Crippen LogP contribution in [0.25, 0.3) is 0 Å². The van der Waals surface area contributed by atoms with Crippen LogP contribution in [-0.4, -0.2) is 6.03 Å². The zero-order valence-electron chi connectivity index (χ0n) is 9.78. The number of hydrogen-bond donors (Lipinski definition) is 3. The Balaban J connectivity index is 2.07. The first kappa shape index (κ1) is 13.2. The van der Waals surface area contributed by atoms with Gasteiger partial charge in [0.15, 0.2) is 0 Å². The van der Waals surface area contributed by atoms with Crippen molar-refractivity contribution < 1.29 is 9.18 Å². The van der Waals surface area contributed by atoms with E-state index in [-0.39, 0.29) is 11.4 Å². The molecule has 0 aliphatic rings. The first-order valence-electron chi connectivity index (χ1n) is 5.43. The van der Waals surface area contributed by atoms with Gasteiger partial charge >= 0.3 is 6.03 Å². The number of nitrogens with one attached hydrogen (secondary N) is 2. The number of carbonyl (C=O) groups is 1. The van der Waals surface area contributed by atoms with Crippen molar-refractivity contribution in [2.45, 2.75) is 0 Å². The van der Waals surface area contributed by atoms with Crippen molar-refractivity contribution in [1.29, 1.82) is 0 Å². The van der Waals surface area contributed by atoms with Gasteiger partial charge in [-0.1, -0.05) is 23.7 Å². The molecule has 2 aromatic rings. The third kappa shape index (κ3) is 3.59. The third-order valence-electron chi connectivity index (χ3n) is 2.30. The summed E-state index contributed by atoms with van der Waals surface area (Å²) in [6, 6.07) is 10.0. The summed E-state index contributed by atoms with van der Waals surface area (Å²) in [6.07, 6.45) is 0. The van der Waals surface area contributed by atoms with E-state index in [2.05, 4.69) is 10.6 Å². The molecule has 0 bridgehead atoms. The number of rotatable bonds is 2. The Morgan fingerprint density at radius 1 is 1.16 bits per heavy atom. The van der Waals surface area contributed by atoms with Gasteiger partial charge in [0, 0.05) is 11.4 Å². The summed E-state index contributed by atoms with van der Waals surface area (Å²) >= 11 is 5.90. The number of carbonyl (C=O) groups excluding carboxylic acids is 1. The largest absolute Gasteiger partial charge is 0.399 e. The van der Waals surface area contributed by atoms with Gasteiger partial charge in [-0.15, -0.1) is 0 Å². The summed E-state index contributed by atoms with van der Waals surface area (Å²) in [7, 11) is 0. The molecule has 0 aliphatic heterocycles. The maximum atomic E-state index is 13.1. The molecule has 19 heavy (non-hydrogen) atoms. The highest BCUT2D eigenvalue weighted by molar-refractivity contribution is 6.33. The maximum Gasteiger partial charge on any atom is 0.323 e. The van der Waals surface area contributed by atoms with Gasteiger partial charge in [-0.25, -0.2) is 9.18 Å². The van der Waals surface area contributed by atoms with Crippen molar-refractivity contribution in [3.05, 3.63) is 53.3 Å². The third-order valence-corrected chi connectivity index (χ3v) is 2.63. The number of nitrogens with two attached hydrogens (primary N) is 1. The van der Waals surface area contributed by atoms with Gasteiger partial charge < -0.3 is 16.4 Å². The molecule has 0 spiro atoms. The molecule has 0 atom stereocenters. The van der Waals surface area contributed by atoms with Crippen LogP contribution in [0.3, 0.4) is 0 Å². The second kappa shape index (κ2) is 5.58. The van der Waals surface area contributed by atoms with E-state index in [1.165, 1.54) is 12.1 Å². The summed E-state index contributed by atoms with van der Waals surface area (Å²) in [6.45, 7) is 0. The SMILES string of the molecule is Nc1cc(F)cc(NC(=O)Nc2ccccc2Cl)c1. The van der Waals surface area contributed by atoms with E-state index in [1.807, 2.05) is 0 Å². The van der Waals surface area contributed by atoms with Crippen LogP contribution in [0.2, 0.25) is 5.02 Å². The van der Waals surface area contributed by atoms with Crippen molar-refractivity contribution in [1.82, 2.24) is 0 Å². The highest BCUT2D eigenvalue weighted by Gasteiger charge is 2.06. The molecular weight excluding hydrogens is 269 g/mol.